The van der Waals surface area contributed by atoms with Gasteiger partial charge in [-0.25, -0.2) is 12.8 Å². The first-order valence-corrected chi connectivity index (χ1v) is 7.90. The maximum atomic E-state index is 13.0. The Hall–Kier alpha value is -1.14. The van der Waals surface area contributed by atoms with E-state index in [2.05, 4.69) is 5.32 Å². The zero-order valence-electron chi connectivity index (χ0n) is 10.8. The summed E-state index contributed by atoms with van der Waals surface area (Å²) in [6.45, 7) is 2.98. The van der Waals surface area contributed by atoms with Crippen molar-refractivity contribution in [2.75, 3.05) is 6.26 Å². The number of amides is 1. The second-order valence-electron chi connectivity index (χ2n) is 4.38. The lowest BCUT2D eigenvalue weighted by molar-refractivity contribution is -0.121. The van der Waals surface area contributed by atoms with Gasteiger partial charge < -0.3 is 5.32 Å². The maximum absolute atomic E-state index is 13.0. The summed E-state index contributed by atoms with van der Waals surface area (Å²) in [5, 5.41) is 1.37. The van der Waals surface area contributed by atoms with E-state index < -0.39 is 32.9 Å². The molecule has 2 atom stereocenters. The van der Waals surface area contributed by atoms with Gasteiger partial charge in [-0.3, -0.25) is 4.79 Å². The Bertz CT molecular complexity index is 589. The predicted molar refractivity (Wildman–Crippen MR) is 72.3 cm³/mol. The maximum Gasteiger partial charge on any atom is 0.238 e. The van der Waals surface area contributed by atoms with E-state index in [-0.39, 0.29) is 5.02 Å². The van der Waals surface area contributed by atoms with Crippen LogP contribution in [-0.2, 0) is 14.6 Å². The van der Waals surface area contributed by atoms with Crippen molar-refractivity contribution in [3.05, 3.63) is 34.6 Å². The van der Waals surface area contributed by atoms with Crippen molar-refractivity contribution in [2.24, 2.45) is 0 Å². The molecule has 0 saturated heterocycles. The number of nitrogens with one attached hydrogen (secondary N) is 1. The molecule has 0 spiro atoms. The molecular weight excluding hydrogens is 293 g/mol. The Kier molecular flexibility index (Phi) is 4.92. The Morgan fingerprint density at radius 1 is 1.37 bits per heavy atom. The van der Waals surface area contributed by atoms with Crippen LogP contribution in [0.15, 0.2) is 18.2 Å². The molecule has 0 aromatic heterocycles. The first-order chi connectivity index (χ1) is 8.62. The van der Waals surface area contributed by atoms with E-state index >= 15 is 0 Å². The van der Waals surface area contributed by atoms with E-state index in [1.807, 2.05) is 0 Å². The Morgan fingerprint density at radius 3 is 2.42 bits per heavy atom. The minimum absolute atomic E-state index is 0.0465. The van der Waals surface area contributed by atoms with E-state index in [0.29, 0.717) is 5.56 Å². The minimum atomic E-state index is -3.44. The SMILES string of the molecule is CC(NC(=O)C(C)S(C)(=O)=O)c1ccc(F)c(Cl)c1. The van der Waals surface area contributed by atoms with Crippen LogP contribution in [0.3, 0.4) is 0 Å². The monoisotopic (exact) mass is 307 g/mol. The smallest absolute Gasteiger partial charge is 0.238 e. The van der Waals surface area contributed by atoms with E-state index in [9.17, 15) is 17.6 Å². The number of carbonyl (C=O) groups excluding carboxylic acids is 1. The van der Waals surface area contributed by atoms with Crippen LogP contribution in [0.4, 0.5) is 4.39 Å². The van der Waals surface area contributed by atoms with Crippen LogP contribution < -0.4 is 5.32 Å². The van der Waals surface area contributed by atoms with Gasteiger partial charge in [0.15, 0.2) is 9.84 Å². The zero-order valence-corrected chi connectivity index (χ0v) is 12.3. The van der Waals surface area contributed by atoms with Crippen molar-refractivity contribution in [3.63, 3.8) is 0 Å². The average molecular weight is 308 g/mol. The van der Waals surface area contributed by atoms with Crippen LogP contribution in [0.25, 0.3) is 0 Å². The highest BCUT2D eigenvalue weighted by atomic mass is 35.5. The van der Waals surface area contributed by atoms with E-state index in [1.54, 1.807) is 6.92 Å². The summed E-state index contributed by atoms with van der Waals surface area (Å²) in [5.41, 5.74) is 0.598. The highest BCUT2D eigenvalue weighted by molar-refractivity contribution is 7.92. The quantitative estimate of drug-likeness (QED) is 0.926. The number of carbonyl (C=O) groups is 1. The topological polar surface area (TPSA) is 63.2 Å². The highest BCUT2D eigenvalue weighted by Crippen LogP contribution is 2.20. The second kappa shape index (κ2) is 5.88. The molecule has 0 radical (unpaired) electrons. The molecule has 1 rings (SSSR count). The molecule has 7 heteroatoms. The summed E-state index contributed by atoms with van der Waals surface area (Å²) in [6, 6.07) is 3.61. The van der Waals surface area contributed by atoms with Gasteiger partial charge in [0.05, 0.1) is 11.1 Å². The van der Waals surface area contributed by atoms with Gasteiger partial charge in [0.2, 0.25) is 5.91 Å². The fourth-order valence-corrected chi connectivity index (χ4v) is 2.04. The Labute approximate surface area is 116 Å². The van der Waals surface area contributed by atoms with Crippen molar-refractivity contribution in [2.45, 2.75) is 25.1 Å². The lowest BCUT2D eigenvalue weighted by atomic mass is 10.1. The van der Waals surface area contributed by atoms with Crippen LogP contribution in [0.2, 0.25) is 5.02 Å². The van der Waals surface area contributed by atoms with Gasteiger partial charge in [-0.05, 0) is 31.5 Å². The normalized spacial score (nSPS) is 14.8. The Balaban J connectivity index is 2.82. The molecule has 0 aliphatic heterocycles. The van der Waals surface area contributed by atoms with Crippen LogP contribution >= 0.6 is 11.6 Å². The molecule has 1 N–H and O–H groups in total. The molecule has 0 aliphatic carbocycles. The van der Waals surface area contributed by atoms with Gasteiger partial charge in [0.25, 0.3) is 0 Å². The standard InChI is InChI=1S/C12H15ClFNO3S/c1-7(9-4-5-11(14)10(13)6-9)15-12(16)8(2)19(3,17)18/h4-8H,1-3H3,(H,15,16). The van der Waals surface area contributed by atoms with Crippen molar-refractivity contribution >= 4 is 27.3 Å². The number of rotatable bonds is 4. The Morgan fingerprint density at radius 2 is 1.95 bits per heavy atom. The average Bonchev–Trinajstić information content (AvgIpc) is 2.30. The number of hydrogen-bond donors (Lipinski definition) is 1. The third kappa shape index (κ3) is 4.18. The third-order valence-corrected chi connectivity index (χ3v) is 4.60. The van der Waals surface area contributed by atoms with Crippen LogP contribution in [0.5, 0.6) is 0 Å². The molecule has 0 heterocycles. The summed E-state index contributed by atoms with van der Waals surface area (Å²) in [6.07, 6.45) is 0.997. The molecule has 0 bridgehead atoms. The lowest BCUT2D eigenvalue weighted by Gasteiger charge is -2.17. The highest BCUT2D eigenvalue weighted by Gasteiger charge is 2.24. The molecular formula is C12H15ClFNO3S. The van der Waals surface area contributed by atoms with Crippen LogP contribution in [0, 0.1) is 5.82 Å². The first-order valence-electron chi connectivity index (χ1n) is 5.57. The summed E-state index contributed by atoms with van der Waals surface area (Å²) < 4.78 is 35.5. The fraction of sp³-hybridized carbons (Fsp3) is 0.417. The molecule has 0 fully saturated rings. The summed E-state index contributed by atoms with van der Waals surface area (Å²) in [7, 11) is -3.44. The van der Waals surface area contributed by atoms with E-state index in [1.165, 1.54) is 25.1 Å². The molecule has 0 saturated carbocycles. The predicted octanol–water partition coefficient (Wildman–Crippen LogP) is 2.09. The van der Waals surface area contributed by atoms with Gasteiger partial charge in [0.1, 0.15) is 11.1 Å². The largest absolute Gasteiger partial charge is 0.348 e. The summed E-state index contributed by atoms with van der Waals surface area (Å²) in [4.78, 5) is 11.7. The molecule has 19 heavy (non-hydrogen) atoms. The van der Waals surface area contributed by atoms with Crippen molar-refractivity contribution < 1.29 is 17.6 Å². The fourth-order valence-electron chi connectivity index (χ4n) is 1.39. The van der Waals surface area contributed by atoms with Gasteiger partial charge in [0, 0.05) is 6.26 Å². The van der Waals surface area contributed by atoms with Gasteiger partial charge >= 0.3 is 0 Å². The van der Waals surface area contributed by atoms with Crippen molar-refractivity contribution in [3.8, 4) is 0 Å². The zero-order chi connectivity index (χ0) is 14.8. The van der Waals surface area contributed by atoms with E-state index in [0.717, 1.165) is 6.26 Å². The molecule has 106 valence electrons. The van der Waals surface area contributed by atoms with Gasteiger partial charge in [-0.1, -0.05) is 17.7 Å². The van der Waals surface area contributed by atoms with Crippen molar-refractivity contribution in [1.29, 1.82) is 0 Å². The first kappa shape index (κ1) is 15.9. The molecule has 0 aliphatic rings. The van der Waals surface area contributed by atoms with Crippen LogP contribution in [-0.4, -0.2) is 25.8 Å². The number of hydrogen-bond acceptors (Lipinski definition) is 3. The number of benzene rings is 1. The number of sulfone groups is 1. The molecule has 2 unspecified atom stereocenters. The third-order valence-electron chi connectivity index (χ3n) is 2.81. The second-order valence-corrected chi connectivity index (χ2v) is 7.15. The molecule has 4 nitrogen and oxygen atoms in total. The van der Waals surface area contributed by atoms with Gasteiger partial charge in [-0.2, -0.15) is 0 Å². The molecule has 1 aromatic rings. The molecule has 1 amide bonds. The van der Waals surface area contributed by atoms with Crippen LogP contribution in [0.1, 0.15) is 25.5 Å². The number of halogens is 2. The summed E-state index contributed by atoms with van der Waals surface area (Å²) >= 11 is 5.65. The summed E-state index contributed by atoms with van der Waals surface area (Å²) in [5.74, 6) is -1.15. The van der Waals surface area contributed by atoms with Gasteiger partial charge in [-0.15, -0.1) is 0 Å². The minimum Gasteiger partial charge on any atom is -0.348 e. The van der Waals surface area contributed by atoms with Crippen molar-refractivity contribution in [1.82, 2.24) is 5.32 Å². The molecule has 1 aromatic carbocycles. The van der Waals surface area contributed by atoms with E-state index in [4.69, 9.17) is 11.6 Å². The lowest BCUT2D eigenvalue weighted by Crippen LogP contribution is -2.38.